The Bertz CT molecular complexity index is 945. The number of carbonyl (C=O) groups excluding carboxylic acids is 1. The Kier molecular flexibility index (Phi) is 5.03. The first-order valence-corrected chi connectivity index (χ1v) is 11.1. The third-order valence-electron chi connectivity index (χ3n) is 7.12. The van der Waals surface area contributed by atoms with Gasteiger partial charge in [-0.1, -0.05) is 30.3 Å². The number of ether oxygens (including phenoxy) is 1. The van der Waals surface area contributed by atoms with Gasteiger partial charge in [0.15, 0.2) is 0 Å². The number of nitrogens with zero attached hydrogens (tertiary/aromatic N) is 1. The number of rotatable bonds is 5. The summed E-state index contributed by atoms with van der Waals surface area (Å²) >= 11 is 0. The molecule has 5 rings (SSSR count). The lowest BCUT2D eigenvalue weighted by atomic mass is 9.89. The summed E-state index contributed by atoms with van der Waals surface area (Å²) in [6.45, 7) is 2.98. The molecule has 5 nitrogen and oxygen atoms in total. The lowest BCUT2D eigenvalue weighted by Gasteiger charge is -2.37. The Morgan fingerprint density at radius 3 is 2.73 bits per heavy atom. The number of anilines is 1. The first-order valence-electron chi connectivity index (χ1n) is 11.1. The van der Waals surface area contributed by atoms with Crippen LogP contribution < -0.4 is 20.3 Å². The van der Waals surface area contributed by atoms with Crippen molar-refractivity contribution in [3.63, 3.8) is 0 Å². The van der Waals surface area contributed by atoms with E-state index in [1.54, 1.807) is 7.11 Å². The van der Waals surface area contributed by atoms with Crippen LogP contribution in [0.15, 0.2) is 42.5 Å². The van der Waals surface area contributed by atoms with Gasteiger partial charge in [-0.25, -0.2) is 0 Å². The Morgan fingerprint density at radius 1 is 1.17 bits per heavy atom. The molecule has 2 aliphatic heterocycles. The third-order valence-corrected chi connectivity index (χ3v) is 7.12. The van der Waals surface area contributed by atoms with Gasteiger partial charge in [0.25, 0.3) is 0 Å². The van der Waals surface area contributed by atoms with Crippen molar-refractivity contribution in [3.8, 4) is 5.75 Å². The molecule has 0 radical (unpaired) electrons. The van der Waals surface area contributed by atoms with Crippen molar-refractivity contribution < 1.29 is 9.53 Å². The average Bonchev–Trinajstić information content (AvgIpc) is 3.58. The lowest BCUT2D eigenvalue weighted by molar-refractivity contribution is -0.119. The molecule has 1 saturated carbocycles. The fraction of sp³-hybridized carbons (Fsp3) is 0.480. The lowest BCUT2D eigenvalue weighted by Crippen LogP contribution is -2.49. The van der Waals surface area contributed by atoms with Crippen LogP contribution in [-0.4, -0.2) is 32.1 Å². The number of carbonyl (C=O) groups is 1. The number of hydrogen-bond donors (Lipinski definition) is 2. The Balaban J connectivity index is 1.38. The summed E-state index contributed by atoms with van der Waals surface area (Å²) in [4.78, 5) is 14.3. The van der Waals surface area contributed by atoms with Gasteiger partial charge >= 0.3 is 0 Å². The fourth-order valence-corrected chi connectivity index (χ4v) is 5.27. The Morgan fingerprint density at radius 2 is 1.97 bits per heavy atom. The predicted octanol–water partition coefficient (Wildman–Crippen LogP) is 3.75. The highest BCUT2D eigenvalue weighted by Gasteiger charge is 2.50. The number of hydrogen-bond acceptors (Lipinski definition) is 4. The highest BCUT2D eigenvalue weighted by atomic mass is 16.5. The molecule has 0 aromatic heterocycles. The smallest absolute Gasteiger partial charge is 0.230 e. The molecule has 1 amide bonds. The first-order chi connectivity index (χ1) is 14.6. The summed E-state index contributed by atoms with van der Waals surface area (Å²) in [6, 6.07) is 16.2. The molecule has 2 aromatic carbocycles. The summed E-state index contributed by atoms with van der Waals surface area (Å²) in [5.74, 6) is 1.73. The zero-order chi connectivity index (χ0) is 20.8. The number of piperidine rings is 1. The zero-order valence-electron chi connectivity index (χ0n) is 18.0. The van der Waals surface area contributed by atoms with Crippen molar-refractivity contribution in [1.29, 1.82) is 0 Å². The number of fused-ring (bicyclic) bond motifs is 3. The molecule has 1 unspecified atom stereocenters. The minimum absolute atomic E-state index is 0.179. The molecular weight excluding hydrogens is 374 g/mol. The van der Waals surface area contributed by atoms with Crippen LogP contribution in [0.1, 0.15) is 54.8 Å². The Labute approximate surface area is 178 Å². The van der Waals surface area contributed by atoms with Crippen molar-refractivity contribution in [2.45, 2.75) is 56.8 Å². The van der Waals surface area contributed by atoms with E-state index in [-0.39, 0.29) is 17.9 Å². The van der Waals surface area contributed by atoms with Crippen LogP contribution in [0.25, 0.3) is 0 Å². The maximum Gasteiger partial charge on any atom is 0.230 e. The van der Waals surface area contributed by atoms with Crippen molar-refractivity contribution in [3.05, 3.63) is 59.2 Å². The normalized spacial score (nSPS) is 29.9. The molecule has 0 bridgehead atoms. The van der Waals surface area contributed by atoms with Gasteiger partial charge in [-0.05, 0) is 55.4 Å². The molecule has 1 aliphatic carbocycles. The van der Waals surface area contributed by atoms with Gasteiger partial charge < -0.3 is 20.3 Å². The molecule has 2 fully saturated rings. The molecule has 0 spiro atoms. The van der Waals surface area contributed by atoms with Gasteiger partial charge in [0.05, 0.1) is 7.11 Å². The van der Waals surface area contributed by atoms with Crippen LogP contribution >= 0.6 is 0 Å². The zero-order valence-corrected chi connectivity index (χ0v) is 18.0. The second-order valence-electron chi connectivity index (χ2n) is 9.09. The summed E-state index contributed by atoms with van der Waals surface area (Å²) in [5.41, 5.74) is 4.74. The molecule has 158 valence electrons. The predicted molar refractivity (Wildman–Crippen MR) is 119 cm³/mol. The standard InChI is InChI=1S/C25H31N3O2/c1-15-9-10-21(24(27-15)16-7-5-4-6-8-16)26-14-17-11-22-19(13-23(17)30-3)18-12-20(18)25(29)28(22)2/h4-8,11,13,15,18,20-21,24,26-27H,9-10,12,14H2,1-3H3/t15-,18?,20-,21-,24-/m0/s1. The monoisotopic (exact) mass is 405 g/mol. The van der Waals surface area contributed by atoms with Crippen LogP contribution in [0.3, 0.4) is 0 Å². The average molecular weight is 406 g/mol. The van der Waals surface area contributed by atoms with Gasteiger partial charge in [0.2, 0.25) is 5.91 Å². The molecular formula is C25H31N3O2. The quantitative estimate of drug-likeness (QED) is 0.796. The van der Waals surface area contributed by atoms with Crippen molar-refractivity contribution >= 4 is 11.6 Å². The third kappa shape index (κ3) is 3.40. The van der Waals surface area contributed by atoms with E-state index in [1.807, 2.05) is 11.9 Å². The van der Waals surface area contributed by atoms with Crippen molar-refractivity contribution in [2.75, 3.05) is 19.1 Å². The summed E-state index contributed by atoms with van der Waals surface area (Å²) in [7, 11) is 3.64. The first kappa shape index (κ1) is 19.6. The van der Waals surface area contributed by atoms with Gasteiger partial charge in [-0.3, -0.25) is 4.79 Å². The molecule has 5 heteroatoms. The van der Waals surface area contributed by atoms with Gasteiger partial charge in [0.1, 0.15) is 5.75 Å². The maximum absolute atomic E-state index is 12.5. The van der Waals surface area contributed by atoms with E-state index in [2.05, 4.69) is 60.0 Å². The topological polar surface area (TPSA) is 53.6 Å². The van der Waals surface area contributed by atoms with Crippen LogP contribution in [0.2, 0.25) is 0 Å². The maximum atomic E-state index is 12.5. The second kappa shape index (κ2) is 7.71. The molecule has 2 N–H and O–H groups in total. The van der Waals surface area contributed by atoms with Gasteiger partial charge in [0, 0.05) is 48.9 Å². The minimum atomic E-state index is 0.179. The van der Waals surface area contributed by atoms with E-state index >= 15 is 0 Å². The molecule has 2 aromatic rings. The number of nitrogens with one attached hydrogen (secondary N) is 2. The summed E-state index contributed by atoms with van der Waals surface area (Å²) < 4.78 is 5.75. The highest BCUT2D eigenvalue weighted by Crippen LogP contribution is 2.56. The molecule has 1 saturated heterocycles. The van der Waals surface area contributed by atoms with E-state index in [4.69, 9.17) is 4.74 Å². The number of methoxy groups -OCH3 is 1. The molecule has 30 heavy (non-hydrogen) atoms. The summed E-state index contributed by atoms with van der Waals surface area (Å²) in [5, 5.41) is 7.57. The van der Waals surface area contributed by atoms with Crippen LogP contribution in [-0.2, 0) is 11.3 Å². The van der Waals surface area contributed by atoms with E-state index in [9.17, 15) is 4.79 Å². The molecule has 3 aliphatic rings. The van der Waals surface area contributed by atoms with Crippen LogP contribution in [0.5, 0.6) is 5.75 Å². The van der Waals surface area contributed by atoms with Crippen molar-refractivity contribution in [2.24, 2.45) is 5.92 Å². The largest absolute Gasteiger partial charge is 0.496 e. The van der Waals surface area contributed by atoms with E-state index in [0.717, 1.165) is 42.8 Å². The van der Waals surface area contributed by atoms with Gasteiger partial charge in [-0.15, -0.1) is 0 Å². The highest BCUT2D eigenvalue weighted by molar-refractivity contribution is 6.01. The Hall–Kier alpha value is -2.37. The van der Waals surface area contributed by atoms with Crippen molar-refractivity contribution in [1.82, 2.24) is 10.6 Å². The van der Waals surface area contributed by atoms with E-state index < -0.39 is 0 Å². The summed E-state index contributed by atoms with van der Waals surface area (Å²) in [6.07, 6.45) is 3.26. The second-order valence-corrected chi connectivity index (χ2v) is 9.09. The van der Waals surface area contributed by atoms with Crippen LogP contribution in [0, 0.1) is 5.92 Å². The molecule has 2 heterocycles. The van der Waals surface area contributed by atoms with E-state index in [1.165, 1.54) is 11.1 Å². The fourth-order valence-electron chi connectivity index (χ4n) is 5.27. The number of benzene rings is 2. The molecule has 5 atom stereocenters. The van der Waals surface area contributed by atoms with Gasteiger partial charge in [-0.2, -0.15) is 0 Å². The number of amides is 1. The minimum Gasteiger partial charge on any atom is -0.496 e. The van der Waals surface area contributed by atoms with E-state index in [0.29, 0.717) is 18.0 Å². The van der Waals surface area contributed by atoms with Crippen LogP contribution in [0.4, 0.5) is 5.69 Å². The SMILES string of the molecule is COc1cc2c(cc1CN[C@H]1CC[C@H](C)N[C@H]1c1ccccc1)N(C)C(=O)[C@H]1CC21.